The molecule has 1 aliphatic carbocycles. The molecule has 0 saturated carbocycles. The fraction of sp³-hybridized carbons (Fsp3) is 0.333. The first-order chi connectivity index (χ1) is 10.8. The number of pyridine rings is 1. The van der Waals surface area contributed by atoms with Gasteiger partial charge >= 0.3 is 0 Å². The van der Waals surface area contributed by atoms with Crippen LogP contribution in [0.2, 0.25) is 0 Å². The van der Waals surface area contributed by atoms with Gasteiger partial charge in [0.25, 0.3) is 0 Å². The molecule has 1 aliphatic rings. The lowest BCUT2D eigenvalue weighted by Crippen LogP contribution is -2.35. The fourth-order valence-electron chi connectivity index (χ4n) is 2.78. The standard InChI is InChI=1S/C18H20N2OS/c21-18(16-6-2-1-3-7-16)20(12-15-9-11-22-14-15)13-17-8-4-5-10-19-17/h1-2,4-5,8-11,14,16H,3,6-7,12-13H2. The number of hydrogen-bond donors (Lipinski definition) is 0. The van der Waals surface area contributed by atoms with Gasteiger partial charge in [0, 0.05) is 18.7 Å². The minimum absolute atomic E-state index is 0.118. The molecule has 1 atom stereocenters. The molecule has 2 aromatic heterocycles. The molecular formula is C18H20N2OS. The third-order valence-electron chi connectivity index (χ3n) is 3.96. The van der Waals surface area contributed by atoms with Crippen molar-refractivity contribution in [3.05, 3.63) is 64.6 Å². The zero-order valence-corrected chi connectivity index (χ0v) is 13.3. The first-order valence-electron chi connectivity index (χ1n) is 7.67. The first kappa shape index (κ1) is 15.0. The summed E-state index contributed by atoms with van der Waals surface area (Å²) in [7, 11) is 0. The predicted octanol–water partition coefficient (Wildman–Crippen LogP) is 4.03. The van der Waals surface area contributed by atoms with Gasteiger partial charge in [0.15, 0.2) is 0 Å². The minimum Gasteiger partial charge on any atom is -0.332 e. The lowest BCUT2D eigenvalue weighted by molar-refractivity contribution is -0.137. The smallest absolute Gasteiger partial charge is 0.226 e. The summed E-state index contributed by atoms with van der Waals surface area (Å²) in [6, 6.07) is 7.94. The fourth-order valence-corrected chi connectivity index (χ4v) is 3.44. The third kappa shape index (κ3) is 3.83. The van der Waals surface area contributed by atoms with Crippen molar-refractivity contribution in [3.8, 4) is 0 Å². The number of aromatic nitrogens is 1. The van der Waals surface area contributed by atoms with Crippen molar-refractivity contribution >= 4 is 17.2 Å². The van der Waals surface area contributed by atoms with Crippen molar-refractivity contribution in [1.29, 1.82) is 0 Å². The van der Waals surface area contributed by atoms with E-state index in [1.54, 1.807) is 17.5 Å². The Morgan fingerprint density at radius 3 is 2.91 bits per heavy atom. The molecule has 0 saturated heterocycles. The molecule has 2 aromatic rings. The van der Waals surface area contributed by atoms with E-state index in [9.17, 15) is 4.79 Å². The Bertz CT molecular complexity index is 622. The summed E-state index contributed by atoms with van der Waals surface area (Å²) in [6.45, 7) is 1.24. The van der Waals surface area contributed by atoms with Crippen LogP contribution in [0.25, 0.3) is 0 Å². The van der Waals surface area contributed by atoms with Crippen molar-refractivity contribution in [2.75, 3.05) is 0 Å². The molecule has 2 heterocycles. The summed E-state index contributed by atoms with van der Waals surface area (Å²) < 4.78 is 0. The van der Waals surface area contributed by atoms with Crippen LogP contribution in [0.1, 0.15) is 30.5 Å². The molecule has 4 heteroatoms. The van der Waals surface area contributed by atoms with Gasteiger partial charge < -0.3 is 4.90 Å². The number of carbonyl (C=O) groups is 1. The van der Waals surface area contributed by atoms with Crippen molar-refractivity contribution in [3.63, 3.8) is 0 Å². The van der Waals surface area contributed by atoms with E-state index >= 15 is 0 Å². The predicted molar refractivity (Wildman–Crippen MR) is 89.3 cm³/mol. The van der Waals surface area contributed by atoms with Gasteiger partial charge in [-0.15, -0.1) is 0 Å². The van der Waals surface area contributed by atoms with Gasteiger partial charge in [-0.3, -0.25) is 9.78 Å². The largest absolute Gasteiger partial charge is 0.332 e. The zero-order chi connectivity index (χ0) is 15.2. The van der Waals surface area contributed by atoms with E-state index in [1.807, 2.05) is 23.1 Å². The van der Waals surface area contributed by atoms with Crippen molar-refractivity contribution in [2.45, 2.75) is 32.4 Å². The van der Waals surface area contributed by atoms with Gasteiger partial charge in [-0.2, -0.15) is 11.3 Å². The highest BCUT2D eigenvalue weighted by molar-refractivity contribution is 7.07. The molecule has 1 amide bonds. The third-order valence-corrected chi connectivity index (χ3v) is 4.69. The topological polar surface area (TPSA) is 33.2 Å². The lowest BCUT2D eigenvalue weighted by Gasteiger charge is -2.27. The van der Waals surface area contributed by atoms with E-state index in [0.29, 0.717) is 13.1 Å². The van der Waals surface area contributed by atoms with Gasteiger partial charge in [0.2, 0.25) is 5.91 Å². The molecule has 0 fully saturated rings. The van der Waals surface area contributed by atoms with Crippen LogP contribution in [0.3, 0.4) is 0 Å². The summed E-state index contributed by atoms with van der Waals surface area (Å²) in [5.74, 6) is 0.369. The van der Waals surface area contributed by atoms with Crippen LogP contribution in [-0.2, 0) is 17.9 Å². The summed E-state index contributed by atoms with van der Waals surface area (Å²) in [5.41, 5.74) is 2.14. The molecule has 0 aliphatic heterocycles. The first-order valence-corrected chi connectivity index (χ1v) is 8.62. The van der Waals surface area contributed by atoms with Crippen LogP contribution < -0.4 is 0 Å². The maximum Gasteiger partial charge on any atom is 0.226 e. The highest BCUT2D eigenvalue weighted by Gasteiger charge is 2.25. The summed E-state index contributed by atoms with van der Waals surface area (Å²) in [6.07, 6.45) is 8.92. The van der Waals surface area contributed by atoms with E-state index in [4.69, 9.17) is 0 Å². The average molecular weight is 312 g/mol. The maximum atomic E-state index is 12.9. The number of amides is 1. The number of nitrogens with zero attached hydrogens (tertiary/aromatic N) is 2. The number of hydrogen-bond acceptors (Lipinski definition) is 3. The number of carbonyl (C=O) groups excluding carboxylic acids is 1. The summed E-state index contributed by atoms with van der Waals surface area (Å²) in [4.78, 5) is 19.2. The van der Waals surface area contributed by atoms with Gasteiger partial charge in [-0.1, -0.05) is 18.2 Å². The van der Waals surface area contributed by atoms with Crippen molar-refractivity contribution in [2.24, 2.45) is 5.92 Å². The Morgan fingerprint density at radius 1 is 1.27 bits per heavy atom. The van der Waals surface area contributed by atoms with Crippen LogP contribution in [0.5, 0.6) is 0 Å². The second kappa shape index (κ2) is 7.36. The molecular weight excluding hydrogens is 292 g/mol. The minimum atomic E-state index is 0.118. The van der Waals surface area contributed by atoms with E-state index in [-0.39, 0.29) is 11.8 Å². The maximum absolute atomic E-state index is 12.9. The van der Waals surface area contributed by atoms with Crippen LogP contribution in [0.4, 0.5) is 0 Å². The molecule has 0 spiro atoms. The number of rotatable bonds is 5. The zero-order valence-electron chi connectivity index (χ0n) is 12.5. The van der Waals surface area contributed by atoms with Gasteiger partial charge in [-0.25, -0.2) is 0 Å². The molecule has 3 rings (SSSR count). The quantitative estimate of drug-likeness (QED) is 0.781. The molecule has 0 bridgehead atoms. The molecule has 0 aromatic carbocycles. The Morgan fingerprint density at radius 2 is 2.23 bits per heavy atom. The Kier molecular flexibility index (Phi) is 5.01. The molecule has 114 valence electrons. The Hall–Kier alpha value is -1.94. The van der Waals surface area contributed by atoms with Gasteiger partial charge in [-0.05, 0) is 53.8 Å². The van der Waals surface area contributed by atoms with E-state index < -0.39 is 0 Å². The van der Waals surface area contributed by atoms with E-state index in [2.05, 4.69) is 34.0 Å². The molecule has 0 radical (unpaired) electrons. The highest BCUT2D eigenvalue weighted by atomic mass is 32.1. The van der Waals surface area contributed by atoms with Gasteiger partial charge in [0.05, 0.1) is 12.2 Å². The van der Waals surface area contributed by atoms with Crippen LogP contribution in [0, 0.1) is 5.92 Å². The molecule has 1 unspecified atom stereocenters. The second-order valence-corrected chi connectivity index (χ2v) is 6.41. The van der Waals surface area contributed by atoms with Crippen molar-refractivity contribution < 1.29 is 4.79 Å². The van der Waals surface area contributed by atoms with Crippen molar-refractivity contribution in [1.82, 2.24) is 9.88 Å². The Balaban J connectivity index is 1.75. The number of thiophene rings is 1. The normalized spacial score (nSPS) is 17.4. The van der Waals surface area contributed by atoms with E-state index in [1.165, 1.54) is 5.56 Å². The van der Waals surface area contributed by atoms with Crippen LogP contribution in [-0.4, -0.2) is 15.8 Å². The SMILES string of the molecule is O=C(C1CC=CCC1)N(Cc1ccsc1)Cc1ccccn1. The van der Waals surface area contributed by atoms with Crippen LogP contribution >= 0.6 is 11.3 Å². The summed E-state index contributed by atoms with van der Waals surface area (Å²) in [5, 5.41) is 4.17. The Labute approximate surface area is 135 Å². The molecule has 0 N–H and O–H groups in total. The van der Waals surface area contributed by atoms with E-state index in [0.717, 1.165) is 25.0 Å². The highest BCUT2D eigenvalue weighted by Crippen LogP contribution is 2.23. The average Bonchev–Trinajstić information content (AvgIpc) is 3.08. The van der Waals surface area contributed by atoms with Gasteiger partial charge in [0.1, 0.15) is 0 Å². The monoisotopic (exact) mass is 312 g/mol. The van der Waals surface area contributed by atoms with Crippen LogP contribution in [0.15, 0.2) is 53.4 Å². The molecule has 3 nitrogen and oxygen atoms in total. The summed E-state index contributed by atoms with van der Waals surface area (Å²) >= 11 is 1.67. The number of allylic oxidation sites excluding steroid dienone is 2. The second-order valence-electron chi connectivity index (χ2n) is 5.63. The lowest BCUT2D eigenvalue weighted by atomic mass is 9.93. The molecule has 22 heavy (non-hydrogen) atoms.